The Kier molecular flexibility index (Phi) is 3.39. The van der Waals surface area contributed by atoms with Crippen molar-refractivity contribution in [1.29, 1.82) is 0 Å². The Bertz CT molecular complexity index is 318. The highest BCUT2D eigenvalue weighted by atomic mass is 16.5. The number of rotatable bonds is 4. The van der Waals surface area contributed by atoms with Gasteiger partial charge in [-0.05, 0) is 31.7 Å². The van der Waals surface area contributed by atoms with Crippen molar-refractivity contribution in [3.05, 3.63) is 35.4 Å². The molecule has 0 saturated heterocycles. The molecule has 1 atom stereocenters. The summed E-state index contributed by atoms with van der Waals surface area (Å²) >= 11 is 0. The molecule has 1 fully saturated rings. The first-order chi connectivity index (χ1) is 7.25. The molecule has 1 saturated carbocycles. The number of ether oxygens (including phenoxy) is 1. The van der Waals surface area contributed by atoms with Crippen molar-refractivity contribution in [3.63, 3.8) is 0 Å². The summed E-state index contributed by atoms with van der Waals surface area (Å²) in [6.07, 6.45) is 3.49. The van der Waals surface area contributed by atoms with Crippen LogP contribution < -0.4 is 0 Å². The van der Waals surface area contributed by atoms with Crippen LogP contribution >= 0.6 is 0 Å². The maximum absolute atomic E-state index is 9.89. The molecule has 0 bridgehead atoms. The topological polar surface area (TPSA) is 29.5 Å². The van der Waals surface area contributed by atoms with Gasteiger partial charge in [0.05, 0.1) is 12.7 Å². The second-order valence-electron chi connectivity index (χ2n) is 4.32. The Labute approximate surface area is 90.9 Å². The summed E-state index contributed by atoms with van der Waals surface area (Å²) in [5.74, 6) is 0. The van der Waals surface area contributed by atoms with Crippen molar-refractivity contribution in [2.45, 2.75) is 38.4 Å². The van der Waals surface area contributed by atoms with E-state index in [1.54, 1.807) is 0 Å². The van der Waals surface area contributed by atoms with Crippen LogP contribution in [-0.2, 0) is 4.74 Å². The fourth-order valence-electron chi connectivity index (χ4n) is 1.74. The summed E-state index contributed by atoms with van der Waals surface area (Å²) < 4.78 is 5.58. The molecule has 0 radical (unpaired) electrons. The van der Waals surface area contributed by atoms with Crippen molar-refractivity contribution >= 4 is 0 Å². The third kappa shape index (κ3) is 2.80. The molecular weight excluding hydrogens is 188 g/mol. The predicted octanol–water partition coefficient (Wildman–Crippen LogP) is 2.60. The molecule has 1 aliphatic rings. The molecule has 1 aliphatic carbocycles. The van der Waals surface area contributed by atoms with E-state index in [1.807, 2.05) is 31.2 Å². The van der Waals surface area contributed by atoms with Crippen molar-refractivity contribution < 1.29 is 9.84 Å². The van der Waals surface area contributed by atoms with E-state index in [0.29, 0.717) is 12.7 Å². The molecule has 82 valence electrons. The second-order valence-corrected chi connectivity index (χ2v) is 4.32. The summed E-state index contributed by atoms with van der Waals surface area (Å²) in [6, 6.07) is 7.96. The van der Waals surface area contributed by atoms with E-state index in [1.165, 1.54) is 12.0 Å². The number of aryl methyl sites for hydroxylation is 1. The first kappa shape index (κ1) is 10.7. The zero-order chi connectivity index (χ0) is 10.7. The van der Waals surface area contributed by atoms with E-state index < -0.39 is 6.10 Å². The fraction of sp³-hybridized carbons (Fsp3) is 0.538. The van der Waals surface area contributed by atoms with Gasteiger partial charge in [0, 0.05) is 0 Å². The SMILES string of the molecule is Cc1cccc(C(O)COC2CCC2)c1. The van der Waals surface area contributed by atoms with E-state index in [-0.39, 0.29) is 0 Å². The number of aliphatic hydroxyl groups excluding tert-OH is 1. The minimum atomic E-state index is -0.481. The molecule has 2 nitrogen and oxygen atoms in total. The molecule has 0 amide bonds. The zero-order valence-corrected chi connectivity index (χ0v) is 9.15. The summed E-state index contributed by atoms with van der Waals surface area (Å²) in [5, 5.41) is 9.89. The van der Waals surface area contributed by atoms with E-state index in [9.17, 15) is 5.11 Å². The molecule has 2 rings (SSSR count). The van der Waals surface area contributed by atoms with E-state index in [2.05, 4.69) is 0 Å². The Morgan fingerprint density at radius 2 is 2.27 bits per heavy atom. The van der Waals surface area contributed by atoms with Crippen molar-refractivity contribution in [3.8, 4) is 0 Å². The highest BCUT2D eigenvalue weighted by Gasteiger charge is 2.19. The normalized spacial score (nSPS) is 18.5. The lowest BCUT2D eigenvalue weighted by atomic mass is 9.96. The Hall–Kier alpha value is -0.860. The average Bonchev–Trinajstić information content (AvgIpc) is 2.15. The number of aliphatic hydroxyl groups is 1. The second kappa shape index (κ2) is 4.77. The summed E-state index contributed by atoms with van der Waals surface area (Å²) in [4.78, 5) is 0. The zero-order valence-electron chi connectivity index (χ0n) is 9.15. The van der Waals surface area contributed by atoms with Gasteiger partial charge in [0.2, 0.25) is 0 Å². The molecule has 0 spiro atoms. The third-order valence-corrected chi connectivity index (χ3v) is 2.97. The van der Waals surface area contributed by atoms with Gasteiger partial charge in [0.25, 0.3) is 0 Å². The van der Waals surface area contributed by atoms with Crippen LogP contribution in [0.4, 0.5) is 0 Å². The van der Waals surface area contributed by atoms with Crippen LogP contribution in [0.5, 0.6) is 0 Å². The first-order valence-corrected chi connectivity index (χ1v) is 5.62. The largest absolute Gasteiger partial charge is 0.386 e. The van der Waals surface area contributed by atoms with Crippen LogP contribution in [-0.4, -0.2) is 17.8 Å². The Balaban J connectivity index is 1.86. The van der Waals surface area contributed by atoms with Crippen LogP contribution in [0.25, 0.3) is 0 Å². The fourth-order valence-corrected chi connectivity index (χ4v) is 1.74. The molecule has 1 N–H and O–H groups in total. The number of hydrogen-bond acceptors (Lipinski definition) is 2. The summed E-state index contributed by atoms with van der Waals surface area (Å²) in [6.45, 7) is 2.46. The molecule has 0 aromatic heterocycles. The van der Waals surface area contributed by atoms with Gasteiger partial charge >= 0.3 is 0 Å². The van der Waals surface area contributed by atoms with Gasteiger partial charge in [0.1, 0.15) is 6.10 Å². The Morgan fingerprint density at radius 1 is 1.47 bits per heavy atom. The van der Waals surface area contributed by atoms with Crippen molar-refractivity contribution in [1.82, 2.24) is 0 Å². The van der Waals surface area contributed by atoms with Gasteiger partial charge < -0.3 is 9.84 Å². The molecule has 1 aromatic carbocycles. The van der Waals surface area contributed by atoms with Gasteiger partial charge in [-0.3, -0.25) is 0 Å². The van der Waals surface area contributed by atoms with Gasteiger partial charge in [0.15, 0.2) is 0 Å². The smallest absolute Gasteiger partial charge is 0.102 e. The lowest BCUT2D eigenvalue weighted by Crippen LogP contribution is -2.24. The average molecular weight is 206 g/mol. The van der Waals surface area contributed by atoms with Crippen LogP contribution in [0.2, 0.25) is 0 Å². The molecule has 1 aromatic rings. The first-order valence-electron chi connectivity index (χ1n) is 5.62. The standard InChI is InChI=1S/C13H18O2/c1-10-4-2-5-11(8-10)13(14)9-15-12-6-3-7-12/h2,4-5,8,12-14H,3,6-7,9H2,1H3. The number of hydrogen-bond donors (Lipinski definition) is 1. The summed E-state index contributed by atoms with van der Waals surface area (Å²) in [7, 11) is 0. The maximum atomic E-state index is 9.89. The van der Waals surface area contributed by atoms with Crippen LogP contribution in [0.3, 0.4) is 0 Å². The summed E-state index contributed by atoms with van der Waals surface area (Å²) in [5.41, 5.74) is 2.13. The van der Waals surface area contributed by atoms with Crippen molar-refractivity contribution in [2.75, 3.05) is 6.61 Å². The van der Waals surface area contributed by atoms with E-state index in [4.69, 9.17) is 4.74 Å². The van der Waals surface area contributed by atoms with Gasteiger partial charge in [-0.25, -0.2) is 0 Å². The quantitative estimate of drug-likeness (QED) is 0.820. The minimum Gasteiger partial charge on any atom is -0.386 e. The van der Waals surface area contributed by atoms with Crippen molar-refractivity contribution in [2.24, 2.45) is 0 Å². The molecule has 15 heavy (non-hydrogen) atoms. The highest BCUT2D eigenvalue weighted by Crippen LogP contribution is 2.24. The monoisotopic (exact) mass is 206 g/mol. The maximum Gasteiger partial charge on any atom is 0.102 e. The van der Waals surface area contributed by atoms with Gasteiger partial charge in [-0.15, -0.1) is 0 Å². The van der Waals surface area contributed by atoms with Crippen LogP contribution in [0.15, 0.2) is 24.3 Å². The third-order valence-electron chi connectivity index (χ3n) is 2.97. The Morgan fingerprint density at radius 3 is 2.87 bits per heavy atom. The highest BCUT2D eigenvalue weighted by molar-refractivity contribution is 5.23. The van der Waals surface area contributed by atoms with Gasteiger partial charge in [-0.1, -0.05) is 29.8 Å². The number of benzene rings is 1. The molecule has 2 heteroatoms. The molecule has 1 unspecified atom stereocenters. The van der Waals surface area contributed by atoms with E-state index in [0.717, 1.165) is 18.4 Å². The van der Waals surface area contributed by atoms with Crippen LogP contribution in [0, 0.1) is 6.92 Å². The molecule has 0 aliphatic heterocycles. The van der Waals surface area contributed by atoms with E-state index >= 15 is 0 Å². The molecular formula is C13H18O2. The predicted molar refractivity (Wildman–Crippen MR) is 59.7 cm³/mol. The minimum absolute atomic E-state index is 0.393. The van der Waals surface area contributed by atoms with Crippen LogP contribution in [0.1, 0.15) is 36.5 Å². The molecule has 0 heterocycles. The van der Waals surface area contributed by atoms with Gasteiger partial charge in [-0.2, -0.15) is 0 Å². The lowest BCUT2D eigenvalue weighted by molar-refractivity contribution is -0.0426. The lowest BCUT2D eigenvalue weighted by Gasteiger charge is -2.26.